The molecule has 3 aliphatic rings. The summed E-state index contributed by atoms with van der Waals surface area (Å²) >= 11 is 0. The summed E-state index contributed by atoms with van der Waals surface area (Å²) < 4.78 is 0. The number of amides is 3. The fourth-order valence-corrected chi connectivity index (χ4v) is 5.12. The van der Waals surface area contributed by atoms with Crippen LogP contribution in [0.25, 0.3) is 0 Å². The van der Waals surface area contributed by atoms with E-state index in [0.29, 0.717) is 6.42 Å². The third-order valence-corrected chi connectivity index (χ3v) is 6.68. The lowest BCUT2D eigenvalue weighted by molar-refractivity contribution is -0.145. The maximum Gasteiger partial charge on any atom is 0.250 e. The molecule has 6 nitrogen and oxygen atoms in total. The highest BCUT2D eigenvalue weighted by molar-refractivity contribution is 6.15. The summed E-state index contributed by atoms with van der Waals surface area (Å²) in [7, 11) is 0. The molecule has 2 saturated heterocycles. The molecular formula is C21H27N3O3. The van der Waals surface area contributed by atoms with Crippen molar-refractivity contribution in [2.24, 2.45) is 17.8 Å². The van der Waals surface area contributed by atoms with E-state index >= 15 is 0 Å². The van der Waals surface area contributed by atoms with Crippen LogP contribution in [0.3, 0.4) is 0 Å². The number of likely N-dealkylation sites (tertiary alicyclic amines) is 1. The monoisotopic (exact) mass is 369 g/mol. The predicted molar refractivity (Wildman–Crippen MR) is 102 cm³/mol. The summed E-state index contributed by atoms with van der Waals surface area (Å²) in [6.07, 6.45) is 0.700. The third-order valence-electron chi connectivity index (χ3n) is 6.68. The second-order valence-corrected chi connectivity index (χ2v) is 8.48. The lowest BCUT2D eigenvalue weighted by Crippen LogP contribution is -2.54. The van der Waals surface area contributed by atoms with Crippen LogP contribution < -0.4 is 10.6 Å². The van der Waals surface area contributed by atoms with Crippen LogP contribution in [0.4, 0.5) is 5.69 Å². The summed E-state index contributed by atoms with van der Waals surface area (Å²) in [5.41, 5.74) is 1.34. The number of nitrogens with zero attached hydrogens (tertiary/aromatic N) is 1. The summed E-state index contributed by atoms with van der Waals surface area (Å²) in [6, 6.07) is 5.36. The number of aryl methyl sites for hydroxylation is 1. The van der Waals surface area contributed by atoms with Crippen molar-refractivity contribution in [1.82, 2.24) is 10.2 Å². The quantitative estimate of drug-likeness (QED) is 0.801. The van der Waals surface area contributed by atoms with Crippen molar-refractivity contribution in [3.05, 3.63) is 29.3 Å². The van der Waals surface area contributed by atoms with Crippen molar-refractivity contribution in [3.8, 4) is 0 Å². The highest BCUT2D eigenvalue weighted by atomic mass is 16.2. The van der Waals surface area contributed by atoms with Gasteiger partial charge in [0.25, 0.3) is 0 Å². The molecule has 3 amide bonds. The lowest BCUT2D eigenvalue weighted by Gasteiger charge is -2.31. The normalized spacial score (nSPS) is 33.0. The number of anilines is 1. The Hall–Kier alpha value is -2.21. The highest BCUT2D eigenvalue weighted by Gasteiger charge is 2.71. The standard InChI is InChI=1S/C21H27N3O3/c1-6-12(5)24-18(25)14-15(19(24)26)21(23-16(14)10(2)3)13-9-7-8-11(4)17(13)22-20(21)27/h7-10,12,14-16,23H,6H2,1-5H3,(H,22,27)/t12-,14-,15-,16-,21+/m0/s1. The molecule has 5 atom stereocenters. The summed E-state index contributed by atoms with van der Waals surface area (Å²) in [4.78, 5) is 41.4. The first-order valence-electron chi connectivity index (χ1n) is 9.81. The second kappa shape index (κ2) is 5.89. The van der Waals surface area contributed by atoms with Gasteiger partial charge in [0.1, 0.15) is 5.54 Å². The molecule has 0 aromatic heterocycles. The number of imide groups is 1. The van der Waals surface area contributed by atoms with Gasteiger partial charge < -0.3 is 5.32 Å². The van der Waals surface area contributed by atoms with Gasteiger partial charge in [-0.1, -0.05) is 39.0 Å². The number of nitrogens with one attached hydrogen (secondary N) is 2. The zero-order valence-electron chi connectivity index (χ0n) is 16.5. The van der Waals surface area contributed by atoms with Crippen molar-refractivity contribution in [2.45, 2.75) is 58.7 Å². The molecule has 1 aromatic rings. The Balaban J connectivity index is 1.92. The minimum absolute atomic E-state index is 0.118. The van der Waals surface area contributed by atoms with Gasteiger partial charge in [0.05, 0.1) is 11.8 Å². The molecule has 0 unspecified atom stereocenters. The van der Waals surface area contributed by atoms with Crippen LogP contribution in [-0.4, -0.2) is 34.7 Å². The second-order valence-electron chi connectivity index (χ2n) is 8.48. The average molecular weight is 369 g/mol. The van der Waals surface area contributed by atoms with E-state index in [1.807, 2.05) is 52.8 Å². The maximum absolute atomic E-state index is 13.5. The summed E-state index contributed by atoms with van der Waals surface area (Å²) in [5.74, 6) is -1.68. The molecule has 2 fully saturated rings. The predicted octanol–water partition coefficient (Wildman–Crippen LogP) is 2.17. The zero-order chi connectivity index (χ0) is 19.7. The zero-order valence-corrected chi connectivity index (χ0v) is 16.5. The Bertz CT molecular complexity index is 849. The molecule has 27 heavy (non-hydrogen) atoms. The largest absolute Gasteiger partial charge is 0.324 e. The maximum atomic E-state index is 13.5. The van der Waals surface area contributed by atoms with Crippen molar-refractivity contribution >= 4 is 23.4 Å². The number of hydrogen-bond donors (Lipinski definition) is 2. The van der Waals surface area contributed by atoms with Crippen LogP contribution in [0.5, 0.6) is 0 Å². The molecule has 0 aliphatic carbocycles. The van der Waals surface area contributed by atoms with E-state index in [-0.39, 0.29) is 35.7 Å². The molecule has 144 valence electrons. The van der Waals surface area contributed by atoms with Gasteiger partial charge in [-0.15, -0.1) is 0 Å². The molecule has 0 radical (unpaired) electrons. The molecule has 3 heterocycles. The van der Waals surface area contributed by atoms with Crippen molar-refractivity contribution in [2.75, 3.05) is 5.32 Å². The number of para-hydroxylation sites is 1. The van der Waals surface area contributed by atoms with E-state index in [1.165, 1.54) is 4.90 Å². The molecule has 3 aliphatic heterocycles. The highest BCUT2D eigenvalue weighted by Crippen LogP contribution is 2.54. The van der Waals surface area contributed by atoms with Gasteiger partial charge in [-0.25, -0.2) is 0 Å². The SMILES string of the molecule is CC[C@H](C)N1C(=O)[C@H]2[C@@H](C1=O)[C@@]1(N[C@H]2C(C)C)C(=O)Nc2c(C)cccc21. The first-order chi connectivity index (χ1) is 12.8. The van der Waals surface area contributed by atoms with Crippen LogP contribution in [0.1, 0.15) is 45.2 Å². The van der Waals surface area contributed by atoms with Gasteiger partial charge >= 0.3 is 0 Å². The first-order valence-corrected chi connectivity index (χ1v) is 9.81. The third kappa shape index (κ3) is 2.13. The fourth-order valence-electron chi connectivity index (χ4n) is 5.12. The molecule has 2 N–H and O–H groups in total. The summed E-state index contributed by atoms with van der Waals surface area (Å²) in [6.45, 7) is 9.86. The Morgan fingerprint density at radius 3 is 2.48 bits per heavy atom. The Labute approximate surface area is 159 Å². The number of rotatable bonds is 3. The Kier molecular flexibility index (Phi) is 3.97. The van der Waals surface area contributed by atoms with E-state index < -0.39 is 17.4 Å². The molecular weight excluding hydrogens is 342 g/mol. The van der Waals surface area contributed by atoms with Crippen LogP contribution in [0.15, 0.2) is 18.2 Å². The van der Waals surface area contributed by atoms with Crippen molar-refractivity contribution in [3.63, 3.8) is 0 Å². The van der Waals surface area contributed by atoms with Gasteiger partial charge in [0.2, 0.25) is 17.7 Å². The minimum Gasteiger partial charge on any atom is -0.324 e. The molecule has 1 aromatic carbocycles. The van der Waals surface area contributed by atoms with E-state index in [9.17, 15) is 14.4 Å². The number of hydrogen-bond acceptors (Lipinski definition) is 4. The fraction of sp³-hybridized carbons (Fsp3) is 0.571. The van der Waals surface area contributed by atoms with Crippen LogP contribution in [-0.2, 0) is 19.9 Å². The van der Waals surface area contributed by atoms with Gasteiger partial charge in [0.15, 0.2) is 0 Å². The molecule has 1 spiro atoms. The van der Waals surface area contributed by atoms with Crippen LogP contribution in [0, 0.1) is 24.7 Å². The molecule has 0 saturated carbocycles. The minimum atomic E-state index is -1.17. The lowest BCUT2D eigenvalue weighted by atomic mass is 9.75. The smallest absolute Gasteiger partial charge is 0.250 e. The van der Waals surface area contributed by atoms with Crippen LogP contribution in [0.2, 0.25) is 0 Å². The van der Waals surface area contributed by atoms with Gasteiger partial charge in [0, 0.05) is 23.3 Å². The van der Waals surface area contributed by atoms with E-state index in [2.05, 4.69) is 10.6 Å². The average Bonchev–Trinajstić information content (AvgIpc) is 3.21. The Morgan fingerprint density at radius 2 is 1.85 bits per heavy atom. The number of fused-ring (bicyclic) bond motifs is 4. The van der Waals surface area contributed by atoms with Gasteiger partial charge in [-0.3, -0.25) is 24.6 Å². The topological polar surface area (TPSA) is 78.5 Å². The van der Waals surface area contributed by atoms with Crippen molar-refractivity contribution in [1.29, 1.82) is 0 Å². The van der Waals surface area contributed by atoms with Gasteiger partial charge in [-0.05, 0) is 31.7 Å². The summed E-state index contributed by atoms with van der Waals surface area (Å²) in [5, 5.41) is 6.44. The molecule has 6 heteroatoms. The number of benzene rings is 1. The molecule has 4 rings (SSSR count). The number of carbonyl (C=O) groups excluding carboxylic acids is 3. The first kappa shape index (κ1) is 18.2. The van der Waals surface area contributed by atoms with Crippen molar-refractivity contribution < 1.29 is 14.4 Å². The van der Waals surface area contributed by atoms with Gasteiger partial charge in [-0.2, -0.15) is 0 Å². The Morgan fingerprint density at radius 1 is 1.15 bits per heavy atom. The molecule has 0 bridgehead atoms. The van der Waals surface area contributed by atoms with E-state index in [0.717, 1.165) is 16.8 Å². The van der Waals surface area contributed by atoms with E-state index in [1.54, 1.807) is 0 Å². The van der Waals surface area contributed by atoms with Crippen LogP contribution >= 0.6 is 0 Å². The number of carbonyl (C=O) groups is 3. The van der Waals surface area contributed by atoms with E-state index in [4.69, 9.17) is 0 Å².